The van der Waals surface area contributed by atoms with Crippen LogP contribution in [0.2, 0.25) is 0 Å². The summed E-state index contributed by atoms with van der Waals surface area (Å²) in [6.07, 6.45) is 0.565. The van der Waals surface area contributed by atoms with Gasteiger partial charge in [-0.05, 0) is 30.0 Å². The Hall–Kier alpha value is -1.99. The molecule has 0 fully saturated rings. The normalized spacial score (nSPS) is 11.6. The standard InChI is InChI=1S/C15H22N6O.ClH/c1-12-17-18-19-21(12)14(11-13-7-5-4-6-8-13)15(22)20(3)10-9-16-2;/h4-8,14,16H,9-11H2,1-3H3;1H. The number of aryl methyl sites for hydroxylation is 1. The molecule has 1 amide bonds. The van der Waals surface area contributed by atoms with Gasteiger partial charge in [-0.25, -0.2) is 4.68 Å². The molecule has 0 aliphatic rings. The van der Waals surface area contributed by atoms with Gasteiger partial charge in [-0.2, -0.15) is 0 Å². The van der Waals surface area contributed by atoms with E-state index in [-0.39, 0.29) is 18.3 Å². The number of likely N-dealkylation sites (N-methyl/N-ethyl adjacent to an activating group) is 2. The number of tetrazole rings is 1. The molecule has 23 heavy (non-hydrogen) atoms. The summed E-state index contributed by atoms with van der Waals surface area (Å²) >= 11 is 0. The predicted octanol–water partition coefficient (Wildman–Crippen LogP) is 0.865. The summed E-state index contributed by atoms with van der Waals surface area (Å²) in [4.78, 5) is 14.5. The number of benzene rings is 1. The average Bonchev–Trinajstić information content (AvgIpc) is 2.96. The van der Waals surface area contributed by atoms with Gasteiger partial charge in [-0.1, -0.05) is 30.3 Å². The molecule has 0 bridgehead atoms. The predicted molar refractivity (Wildman–Crippen MR) is 90.5 cm³/mol. The number of hydrogen-bond acceptors (Lipinski definition) is 5. The summed E-state index contributed by atoms with van der Waals surface area (Å²) in [6.45, 7) is 3.19. The highest BCUT2D eigenvalue weighted by molar-refractivity contribution is 5.85. The molecule has 1 N–H and O–H groups in total. The van der Waals surface area contributed by atoms with Gasteiger partial charge in [0, 0.05) is 26.6 Å². The third-order valence-electron chi connectivity index (χ3n) is 3.58. The van der Waals surface area contributed by atoms with Crippen LogP contribution in [0.1, 0.15) is 17.4 Å². The van der Waals surface area contributed by atoms with E-state index in [4.69, 9.17) is 0 Å². The van der Waals surface area contributed by atoms with Crippen LogP contribution in [0.25, 0.3) is 0 Å². The third-order valence-corrected chi connectivity index (χ3v) is 3.58. The number of nitrogens with zero attached hydrogens (tertiary/aromatic N) is 5. The van der Waals surface area contributed by atoms with E-state index in [2.05, 4.69) is 20.8 Å². The molecule has 1 atom stereocenters. The van der Waals surface area contributed by atoms with Crippen molar-refractivity contribution >= 4 is 18.3 Å². The Labute approximate surface area is 142 Å². The minimum atomic E-state index is -0.431. The van der Waals surface area contributed by atoms with E-state index in [1.54, 1.807) is 23.6 Å². The van der Waals surface area contributed by atoms with E-state index in [0.29, 0.717) is 18.8 Å². The summed E-state index contributed by atoms with van der Waals surface area (Å²) in [5, 5.41) is 14.6. The first kappa shape index (κ1) is 19.1. The lowest BCUT2D eigenvalue weighted by molar-refractivity contribution is -0.133. The summed E-state index contributed by atoms with van der Waals surface area (Å²) < 4.78 is 1.60. The van der Waals surface area contributed by atoms with Crippen molar-refractivity contribution in [2.45, 2.75) is 19.4 Å². The monoisotopic (exact) mass is 338 g/mol. The average molecular weight is 339 g/mol. The Morgan fingerprint density at radius 2 is 2.04 bits per heavy atom. The summed E-state index contributed by atoms with van der Waals surface area (Å²) in [7, 11) is 3.67. The fraction of sp³-hybridized carbons (Fsp3) is 0.467. The van der Waals surface area contributed by atoms with E-state index in [1.165, 1.54) is 0 Å². The molecule has 1 unspecified atom stereocenters. The maximum atomic E-state index is 12.8. The van der Waals surface area contributed by atoms with Crippen LogP contribution in [-0.4, -0.2) is 58.2 Å². The van der Waals surface area contributed by atoms with Crippen LogP contribution in [0.5, 0.6) is 0 Å². The molecule has 1 aromatic heterocycles. The Kier molecular flexibility index (Phi) is 7.64. The zero-order valence-electron chi connectivity index (χ0n) is 13.6. The number of nitrogens with one attached hydrogen (secondary N) is 1. The highest BCUT2D eigenvalue weighted by atomic mass is 35.5. The largest absolute Gasteiger partial charge is 0.343 e. The van der Waals surface area contributed by atoms with Crippen LogP contribution in [0.15, 0.2) is 30.3 Å². The molecule has 0 aliphatic carbocycles. The Bertz CT molecular complexity index is 603. The molecule has 1 heterocycles. The van der Waals surface area contributed by atoms with Gasteiger partial charge in [0.1, 0.15) is 11.9 Å². The summed E-state index contributed by atoms with van der Waals surface area (Å²) in [5.74, 6) is 0.644. The van der Waals surface area contributed by atoms with E-state index in [0.717, 1.165) is 12.1 Å². The second-order valence-corrected chi connectivity index (χ2v) is 5.24. The fourth-order valence-corrected chi connectivity index (χ4v) is 2.29. The minimum Gasteiger partial charge on any atom is -0.343 e. The molecule has 2 aromatic rings. The first-order chi connectivity index (χ1) is 10.6. The number of halogens is 1. The second kappa shape index (κ2) is 9.22. The van der Waals surface area contributed by atoms with Crippen LogP contribution >= 0.6 is 12.4 Å². The van der Waals surface area contributed by atoms with Gasteiger partial charge in [-0.15, -0.1) is 17.5 Å². The third kappa shape index (κ3) is 5.01. The van der Waals surface area contributed by atoms with Gasteiger partial charge in [0.2, 0.25) is 5.91 Å². The van der Waals surface area contributed by atoms with Gasteiger partial charge in [-0.3, -0.25) is 4.79 Å². The van der Waals surface area contributed by atoms with E-state index >= 15 is 0 Å². The van der Waals surface area contributed by atoms with Crippen molar-refractivity contribution in [2.24, 2.45) is 0 Å². The van der Waals surface area contributed by atoms with Gasteiger partial charge in [0.25, 0.3) is 0 Å². The van der Waals surface area contributed by atoms with Crippen LogP contribution in [-0.2, 0) is 11.2 Å². The molecule has 8 heteroatoms. The molecule has 0 radical (unpaired) electrons. The van der Waals surface area contributed by atoms with Gasteiger partial charge in [0.05, 0.1) is 0 Å². The number of amides is 1. The molecule has 1 aromatic carbocycles. The van der Waals surface area contributed by atoms with Crippen molar-refractivity contribution in [3.05, 3.63) is 41.7 Å². The van der Waals surface area contributed by atoms with Gasteiger partial charge >= 0.3 is 0 Å². The number of aromatic nitrogens is 4. The number of rotatable bonds is 7. The highest BCUT2D eigenvalue weighted by Gasteiger charge is 2.26. The first-order valence-corrected chi connectivity index (χ1v) is 7.31. The smallest absolute Gasteiger partial charge is 0.247 e. The Morgan fingerprint density at radius 1 is 1.35 bits per heavy atom. The zero-order chi connectivity index (χ0) is 15.9. The quantitative estimate of drug-likeness (QED) is 0.810. The summed E-state index contributed by atoms with van der Waals surface area (Å²) in [6, 6.07) is 9.48. The van der Waals surface area contributed by atoms with E-state index in [9.17, 15) is 4.79 Å². The molecule has 0 aliphatic heterocycles. The first-order valence-electron chi connectivity index (χ1n) is 7.31. The second-order valence-electron chi connectivity index (χ2n) is 5.24. The number of hydrogen-bond donors (Lipinski definition) is 1. The molecular weight excluding hydrogens is 316 g/mol. The number of carbonyl (C=O) groups is 1. The molecule has 0 saturated carbocycles. The SMILES string of the molecule is CNCCN(C)C(=O)C(Cc1ccccc1)n1nnnc1C.Cl. The van der Waals surface area contributed by atoms with Crippen molar-refractivity contribution in [2.75, 3.05) is 27.2 Å². The molecule has 0 saturated heterocycles. The van der Waals surface area contributed by atoms with E-state index in [1.807, 2.05) is 37.4 Å². The lowest BCUT2D eigenvalue weighted by Gasteiger charge is -2.24. The molecule has 2 rings (SSSR count). The maximum Gasteiger partial charge on any atom is 0.247 e. The lowest BCUT2D eigenvalue weighted by Crippen LogP contribution is -2.39. The topological polar surface area (TPSA) is 75.9 Å². The summed E-state index contributed by atoms with van der Waals surface area (Å²) in [5.41, 5.74) is 1.08. The molecule has 7 nitrogen and oxygen atoms in total. The van der Waals surface area contributed by atoms with Crippen molar-refractivity contribution in [1.29, 1.82) is 0 Å². The Morgan fingerprint density at radius 3 is 2.61 bits per heavy atom. The van der Waals surface area contributed by atoms with E-state index < -0.39 is 6.04 Å². The zero-order valence-corrected chi connectivity index (χ0v) is 14.5. The van der Waals surface area contributed by atoms with Crippen molar-refractivity contribution in [3.8, 4) is 0 Å². The van der Waals surface area contributed by atoms with Crippen molar-refractivity contribution in [3.63, 3.8) is 0 Å². The van der Waals surface area contributed by atoms with Gasteiger partial charge < -0.3 is 10.2 Å². The Balaban J connectivity index is 0.00000264. The fourth-order valence-electron chi connectivity index (χ4n) is 2.29. The van der Waals surface area contributed by atoms with Crippen LogP contribution in [0.3, 0.4) is 0 Å². The number of carbonyl (C=O) groups excluding carboxylic acids is 1. The van der Waals surface area contributed by atoms with Gasteiger partial charge in [0.15, 0.2) is 0 Å². The van der Waals surface area contributed by atoms with Crippen LogP contribution < -0.4 is 5.32 Å². The minimum absolute atomic E-state index is 0. The molecule has 0 spiro atoms. The maximum absolute atomic E-state index is 12.8. The van der Waals surface area contributed by atoms with Crippen molar-refractivity contribution in [1.82, 2.24) is 30.4 Å². The van der Waals surface area contributed by atoms with Crippen molar-refractivity contribution < 1.29 is 4.79 Å². The molecular formula is C15H23ClN6O. The lowest BCUT2D eigenvalue weighted by atomic mass is 10.0. The highest BCUT2D eigenvalue weighted by Crippen LogP contribution is 2.17. The van der Waals surface area contributed by atoms with Crippen LogP contribution in [0.4, 0.5) is 0 Å². The molecule has 126 valence electrons. The van der Waals surface area contributed by atoms with Crippen LogP contribution in [0, 0.1) is 6.92 Å².